The summed E-state index contributed by atoms with van der Waals surface area (Å²) >= 11 is 0. The van der Waals surface area contributed by atoms with Crippen LogP contribution in [0.5, 0.6) is 0 Å². The van der Waals surface area contributed by atoms with E-state index in [-0.39, 0.29) is 12.1 Å². The molecule has 0 aliphatic carbocycles. The maximum Gasteiger partial charge on any atom is 0.339 e. The van der Waals surface area contributed by atoms with Gasteiger partial charge >= 0.3 is 5.97 Å². The number of aliphatic hydroxyl groups is 1. The van der Waals surface area contributed by atoms with Crippen molar-refractivity contribution < 1.29 is 14.6 Å². The molecule has 0 aromatic carbocycles. The number of nitrogens with one attached hydrogen (secondary N) is 1. The number of aromatic nitrogens is 1. The molecule has 2 N–H and O–H groups in total. The summed E-state index contributed by atoms with van der Waals surface area (Å²) < 4.78 is 4.73. The van der Waals surface area contributed by atoms with Crippen LogP contribution in [-0.4, -0.2) is 35.3 Å². The summed E-state index contributed by atoms with van der Waals surface area (Å²) in [5.74, 6) is -0.396. The minimum absolute atomic E-state index is 0.0559. The summed E-state index contributed by atoms with van der Waals surface area (Å²) in [6, 6.07) is 3.39. The van der Waals surface area contributed by atoms with E-state index in [1.54, 1.807) is 18.3 Å². The molecular formula is C14H22N2O3. The van der Waals surface area contributed by atoms with Crippen molar-refractivity contribution in [3.63, 3.8) is 0 Å². The van der Waals surface area contributed by atoms with E-state index in [1.165, 1.54) is 7.11 Å². The summed E-state index contributed by atoms with van der Waals surface area (Å²) in [4.78, 5) is 15.8. The molecule has 1 heterocycles. The molecule has 0 fully saturated rings. The highest BCUT2D eigenvalue weighted by Crippen LogP contribution is 2.16. The van der Waals surface area contributed by atoms with Crippen LogP contribution in [0.2, 0.25) is 0 Å². The first-order chi connectivity index (χ1) is 9.12. The van der Waals surface area contributed by atoms with Crippen molar-refractivity contribution >= 4 is 5.97 Å². The van der Waals surface area contributed by atoms with E-state index >= 15 is 0 Å². The predicted octanol–water partition coefficient (Wildman–Crippen LogP) is 1.51. The highest BCUT2D eigenvalue weighted by Gasteiger charge is 2.25. The van der Waals surface area contributed by atoms with Crippen molar-refractivity contribution in [2.75, 3.05) is 13.7 Å². The molecule has 1 aromatic heterocycles. The Morgan fingerprint density at radius 3 is 2.68 bits per heavy atom. The zero-order valence-electron chi connectivity index (χ0n) is 11.8. The van der Waals surface area contributed by atoms with Gasteiger partial charge < -0.3 is 15.2 Å². The molecular weight excluding hydrogens is 244 g/mol. The first-order valence-corrected chi connectivity index (χ1v) is 6.50. The van der Waals surface area contributed by atoms with Crippen LogP contribution in [0, 0.1) is 0 Å². The first-order valence-electron chi connectivity index (χ1n) is 6.50. The van der Waals surface area contributed by atoms with Crippen LogP contribution in [-0.2, 0) is 11.3 Å². The topological polar surface area (TPSA) is 71.5 Å². The minimum Gasteiger partial charge on any atom is -0.465 e. The molecule has 1 aromatic rings. The molecule has 19 heavy (non-hydrogen) atoms. The molecule has 0 saturated heterocycles. The lowest BCUT2D eigenvalue weighted by Gasteiger charge is -2.31. The molecule has 5 nitrogen and oxygen atoms in total. The fraction of sp³-hybridized carbons (Fsp3) is 0.571. The maximum absolute atomic E-state index is 11.6. The van der Waals surface area contributed by atoms with E-state index in [2.05, 4.69) is 10.3 Å². The van der Waals surface area contributed by atoms with Gasteiger partial charge in [0, 0.05) is 18.3 Å². The molecule has 0 radical (unpaired) electrons. The Morgan fingerprint density at radius 1 is 1.47 bits per heavy atom. The van der Waals surface area contributed by atoms with E-state index in [0.29, 0.717) is 17.8 Å². The lowest BCUT2D eigenvalue weighted by atomic mass is 9.93. The SMILES string of the molecule is CCC(CC)(CO)NCc1ncccc1C(=O)OC. The van der Waals surface area contributed by atoms with Crippen LogP contribution < -0.4 is 5.32 Å². The first kappa shape index (κ1) is 15.6. The van der Waals surface area contributed by atoms with E-state index in [4.69, 9.17) is 4.74 Å². The lowest BCUT2D eigenvalue weighted by molar-refractivity contribution is 0.0598. The van der Waals surface area contributed by atoms with Gasteiger partial charge in [0.1, 0.15) is 0 Å². The van der Waals surface area contributed by atoms with E-state index in [0.717, 1.165) is 12.8 Å². The van der Waals surface area contributed by atoms with Crippen molar-refractivity contribution in [2.45, 2.75) is 38.8 Å². The maximum atomic E-state index is 11.6. The van der Waals surface area contributed by atoms with Crippen LogP contribution >= 0.6 is 0 Å². The summed E-state index contributed by atoms with van der Waals surface area (Å²) in [6.07, 6.45) is 3.25. The highest BCUT2D eigenvalue weighted by atomic mass is 16.5. The lowest BCUT2D eigenvalue weighted by Crippen LogP contribution is -2.47. The molecule has 106 valence electrons. The number of nitrogens with zero attached hydrogens (tertiary/aromatic N) is 1. The Balaban J connectivity index is 2.85. The van der Waals surface area contributed by atoms with Gasteiger partial charge in [0.2, 0.25) is 0 Å². The van der Waals surface area contributed by atoms with Crippen LogP contribution in [0.3, 0.4) is 0 Å². The van der Waals surface area contributed by atoms with Crippen molar-refractivity contribution in [1.82, 2.24) is 10.3 Å². The quantitative estimate of drug-likeness (QED) is 0.732. The average molecular weight is 266 g/mol. The molecule has 0 atom stereocenters. The van der Waals surface area contributed by atoms with Gasteiger partial charge in [-0.1, -0.05) is 13.8 Å². The van der Waals surface area contributed by atoms with E-state index in [9.17, 15) is 9.90 Å². The monoisotopic (exact) mass is 266 g/mol. The Morgan fingerprint density at radius 2 is 2.16 bits per heavy atom. The molecule has 0 saturated carbocycles. The molecule has 0 amide bonds. The normalized spacial score (nSPS) is 11.4. The second kappa shape index (κ2) is 7.21. The molecule has 0 unspecified atom stereocenters. The van der Waals surface area contributed by atoms with Gasteiger partial charge in [-0.05, 0) is 25.0 Å². The van der Waals surface area contributed by atoms with Gasteiger partial charge in [0.25, 0.3) is 0 Å². The van der Waals surface area contributed by atoms with Crippen LogP contribution in [0.4, 0.5) is 0 Å². The Hall–Kier alpha value is -1.46. The van der Waals surface area contributed by atoms with E-state index < -0.39 is 5.97 Å². The summed E-state index contributed by atoms with van der Waals surface area (Å²) in [7, 11) is 1.35. The van der Waals surface area contributed by atoms with Gasteiger partial charge in [-0.2, -0.15) is 0 Å². The summed E-state index contributed by atoms with van der Waals surface area (Å²) in [5, 5.41) is 12.8. The molecule has 0 aliphatic rings. The molecule has 0 spiro atoms. The standard InChI is InChI=1S/C14H22N2O3/c1-4-14(5-2,10-17)16-9-12-11(13(18)19-3)7-6-8-15-12/h6-8,16-17H,4-5,9-10H2,1-3H3. The van der Waals surface area contributed by atoms with Crippen molar-refractivity contribution in [3.8, 4) is 0 Å². The van der Waals surface area contributed by atoms with Crippen molar-refractivity contribution in [2.24, 2.45) is 0 Å². The second-order valence-electron chi connectivity index (χ2n) is 4.49. The number of hydrogen-bond acceptors (Lipinski definition) is 5. The number of methoxy groups -OCH3 is 1. The largest absolute Gasteiger partial charge is 0.465 e. The van der Waals surface area contributed by atoms with Gasteiger partial charge in [0.05, 0.1) is 25.0 Å². The van der Waals surface area contributed by atoms with Crippen LogP contribution in [0.15, 0.2) is 18.3 Å². The minimum atomic E-state index is -0.396. The van der Waals surface area contributed by atoms with Gasteiger partial charge in [-0.15, -0.1) is 0 Å². The van der Waals surface area contributed by atoms with Crippen LogP contribution in [0.1, 0.15) is 42.7 Å². The number of esters is 1. The third kappa shape index (κ3) is 3.75. The number of hydrogen-bond donors (Lipinski definition) is 2. The third-order valence-electron chi connectivity index (χ3n) is 3.58. The average Bonchev–Trinajstić information content (AvgIpc) is 2.49. The van der Waals surface area contributed by atoms with Gasteiger partial charge in [-0.25, -0.2) is 4.79 Å². The van der Waals surface area contributed by atoms with Gasteiger partial charge in [-0.3, -0.25) is 4.98 Å². The van der Waals surface area contributed by atoms with Crippen molar-refractivity contribution in [1.29, 1.82) is 0 Å². The smallest absolute Gasteiger partial charge is 0.339 e. The zero-order valence-corrected chi connectivity index (χ0v) is 11.8. The van der Waals surface area contributed by atoms with Crippen molar-refractivity contribution in [3.05, 3.63) is 29.6 Å². The molecule has 0 aliphatic heterocycles. The Bertz CT molecular complexity index is 409. The number of ether oxygens (including phenoxy) is 1. The summed E-state index contributed by atoms with van der Waals surface area (Å²) in [5.41, 5.74) is 0.760. The zero-order chi connectivity index (χ0) is 14.3. The molecule has 5 heteroatoms. The Kier molecular flexibility index (Phi) is 5.92. The van der Waals surface area contributed by atoms with Crippen LogP contribution in [0.25, 0.3) is 0 Å². The summed E-state index contributed by atoms with van der Waals surface area (Å²) in [6.45, 7) is 4.52. The second-order valence-corrected chi connectivity index (χ2v) is 4.49. The number of carbonyl (C=O) groups is 1. The number of rotatable bonds is 7. The predicted molar refractivity (Wildman–Crippen MR) is 72.8 cm³/mol. The molecule has 0 bridgehead atoms. The van der Waals surface area contributed by atoms with E-state index in [1.807, 2.05) is 13.8 Å². The number of pyridine rings is 1. The fourth-order valence-corrected chi connectivity index (χ4v) is 1.93. The fourth-order valence-electron chi connectivity index (χ4n) is 1.93. The number of carbonyl (C=O) groups excluding carboxylic acids is 1. The van der Waals surface area contributed by atoms with Gasteiger partial charge in [0.15, 0.2) is 0 Å². The molecule has 1 rings (SSSR count). The Labute approximate surface area is 114 Å². The third-order valence-corrected chi connectivity index (χ3v) is 3.58. The highest BCUT2D eigenvalue weighted by molar-refractivity contribution is 5.90. The number of aliphatic hydroxyl groups excluding tert-OH is 1.